The van der Waals surface area contributed by atoms with Crippen molar-refractivity contribution in [2.24, 2.45) is 40.9 Å². The number of esters is 2. The molecule has 1 heterocycles. The molecule has 0 amide bonds. The number of cyclic esters (lactones) is 1. The topological polar surface area (TPSA) is 110 Å². The summed E-state index contributed by atoms with van der Waals surface area (Å²) in [5.74, 6) is -2.10. The molecule has 38 heavy (non-hydrogen) atoms. The smallest absolute Gasteiger partial charge is 0.374 e. The molecule has 4 rings (SSSR count). The third-order valence-electron chi connectivity index (χ3n) is 10.5. The second-order valence-corrected chi connectivity index (χ2v) is 13.1. The first-order chi connectivity index (χ1) is 17.8. The summed E-state index contributed by atoms with van der Waals surface area (Å²) in [5, 5.41) is 22.9. The van der Waals surface area contributed by atoms with Crippen LogP contribution in [0, 0.1) is 40.9 Å². The van der Waals surface area contributed by atoms with Crippen LogP contribution >= 0.6 is 0 Å². The molecule has 7 nitrogen and oxygen atoms in total. The van der Waals surface area contributed by atoms with Gasteiger partial charge in [-0.3, -0.25) is 4.79 Å². The van der Waals surface area contributed by atoms with Crippen molar-refractivity contribution < 1.29 is 34.1 Å². The fraction of sp³-hybridized carbons (Fsp3) is 0.774. The Kier molecular flexibility index (Phi) is 8.04. The summed E-state index contributed by atoms with van der Waals surface area (Å²) in [6.07, 6.45) is 3.97. The van der Waals surface area contributed by atoms with Gasteiger partial charge in [0, 0.05) is 18.3 Å². The van der Waals surface area contributed by atoms with E-state index in [1.807, 2.05) is 6.92 Å². The van der Waals surface area contributed by atoms with Gasteiger partial charge in [0.1, 0.15) is 17.8 Å². The summed E-state index contributed by atoms with van der Waals surface area (Å²) in [7, 11) is 0. The predicted molar refractivity (Wildman–Crippen MR) is 143 cm³/mol. The molecular formula is C31H46O7. The van der Waals surface area contributed by atoms with Crippen LogP contribution in [0.4, 0.5) is 0 Å². The Morgan fingerprint density at radius 1 is 1.24 bits per heavy atom. The van der Waals surface area contributed by atoms with Crippen molar-refractivity contribution in [3.63, 3.8) is 0 Å². The molecule has 0 aromatic heterocycles. The van der Waals surface area contributed by atoms with Crippen molar-refractivity contribution in [1.29, 1.82) is 0 Å². The second-order valence-electron chi connectivity index (χ2n) is 13.1. The standard InChI is InChI=1S/C31H46O7/c1-8-9-10-24(32)28(34)38-25-15-30(7)14-21-17(4)11-12-22-19(6)37-29(35)27(33)31(22,36)18(5)20(21)13-23(30)26(25)16(2)3/h11,16,19-23,25-27,33,36H,5,8-10,12-15H2,1-4,6-7H3. The lowest BCUT2D eigenvalue weighted by Gasteiger charge is -2.54. The van der Waals surface area contributed by atoms with E-state index < -0.39 is 41.4 Å². The third-order valence-corrected chi connectivity index (χ3v) is 10.5. The zero-order chi connectivity index (χ0) is 28.2. The predicted octanol–water partition coefficient (Wildman–Crippen LogP) is 4.54. The highest BCUT2D eigenvalue weighted by atomic mass is 16.6. The van der Waals surface area contributed by atoms with E-state index in [0.717, 1.165) is 12.8 Å². The number of aliphatic hydroxyl groups is 2. The Morgan fingerprint density at radius 2 is 1.92 bits per heavy atom. The zero-order valence-corrected chi connectivity index (χ0v) is 23.9. The number of allylic oxidation sites excluding steroid dienone is 2. The largest absolute Gasteiger partial charge is 0.460 e. The minimum Gasteiger partial charge on any atom is -0.460 e. The van der Waals surface area contributed by atoms with Gasteiger partial charge >= 0.3 is 11.9 Å². The first kappa shape index (κ1) is 29.0. The van der Waals surface area contributed by atoms with Crippen LogP contribution in [-0.2, 0) is 23.9 Å². The van der Waals surface area contributed by atoms with Crippen molar-refractivity contribution in [2.75, 3.05) is 0 Å². The van der Waals surface area contributed by atoms with Crippen LogP contribution in [0.2, 0.25) is 0 Å². The van der Waals surface area contributed by atoms with E-state index in [1.54, 1.807) is 6.92 Å². The molecule has 7 heteroatoms. The molecule has 3 fully saturated rings. The molecule has 212 valence electrons. The average molecular weight is 531 g/mol. The summed E-state index contributed by atoms with van der Waals surface area (Å²) in [6, 6.07) is 0. The number of hydrogen-bond acceptors (Lipinski definition) is 7. The molecule has 1 saturated heterocycles. The minimum absolute atomic E-state index is 0.0528. The number of Topliss-reactive ketones (excluding diaryl/α,β-unsaturated/α-hetero) is 1. The molecule has 10 atom stereocenters. The van der Waals surface area contributed by atoms with E-state index in [4.69, 9.17) is 9.47 Å². The van der Waals surface area contributed by atoms with Gasteiger partial charge in [-0.1, -0.05) is 52.3 Å². The number of carbonyl (C=O) groups is 3. The number of unbranched alkanes of at least 4 members (excludes halogenated alkanes) is 1. The molecule has 10 unspecified atom stereocenters. The maximum absolute atomic E-state index is 12.7. The van der Waals surface area contributed by atoms with E-state index >= 15 is 0 Å². The van der Waals surface area contributed by atoms with Crippen molar-refractivity contribution in [1.82, 2.24) is 0 Å². The lowest BCUT2D eigenvalue weighted by atomic mass is 9.53. The molecule has 4 aliphatic rings. The number of aliphatic hydroxyl groups excluding tert-OH is 1. The molecular weight excluding hydrogens is 484 g/mol. The van der Waals surface area contributed by atoms with Gasteiger partial charge < -0.3 is 19.7 Å². The molecule has 0 spiro atoms. The maximum Gasteiger partial charge on any atom is 0.374 e. The minimum atomic E-state index is -1.77. The highest BCUT2D eigenvalue weighted by Gasteiger charge is 2.62. The van der Waals surface area contributed by atoms with E-state index in [-0.39, 0.29) is 47.5 Å². The van der Waals surface area contributed by atoms with Crippen LogP contribution < -0.4 is 0 Å². The third kappa shape index (κ3) is 4.68. The Balaban J connectivity index is 1.67. The highest BCUT2D eigenvalue weighted by Crippen LogP contribution is 2.63. The van der Waals surface area contributed by atoms with Crippen LogP contribution in [0.1, 0.15) is 86.5 Å². The molecule has 0 radical (unpaired) electrons. The highest BCUT2D eigenvalue weighted by molar-refractivity contribution is 6.33. The molecule has 0 bridgehead atoms. The average Bonchev–Trinajstić information content (AvgIpc) is 3.14. The fourth-order valence-electron chi connectivity index (χ4n) is 8.37. The first-order valence-electron chi connectivity index (χ1n) is 14.5. The molecule has 0 aromatic rings. The quantitative estimate of drug-likeness (QED) is 0.295. The van der Waals surface area contributed by atoms with E-state index in [2.05, 4.69) is 40.3 Å². The van der Waals surface area contributed by atoms with Gasteiger partial charge in [-0.25, -0.2) is 9.59 Å². The lowest BCUT2D eigenvalue weighted by Crippen LogP contribution is -2.63. The van der Waals surface area contributed by atoms with Gasteiger partial charge in [0.2, 0.25) is 5.78 Å². The SMILES string of the molecule is C=C1C2CC3C(C(C)C)C(OC(=O)C(=O)CCCC)CC3(C)CC2C(C)=CCC2C(C)OC(=O)C(O)C12O. The first-order valence-corrected chi connectivity index (χ1v) is 14.5. The number of hydrogen-bond donors (Lipinski definition) is 2. The van der Waals surface area contributed by atoms with Crippen LogP contribution in [-0.4, -0.2) is 51.8 Å². The molecule has 0 aromatic carbocycles. The van der Waals surface area contributed by atoms with Gasteiger partial charge in [0.15, 0.2) is 6.10 Å². The summed E-state index contributed by atoms with van der Waals surface area (Å²) in [5.41, 5.74) is -0.170. The normalized spacial score (nSPS) is 42.7. The number of rotatable bonds is 6. The number of carbonyl (C=O) groups excluding carboxylic acids is 3. The number of ether oxygens (including phenoxy) is 2. The second kappa shape index (κ2) is 10.5. The zero-order valence-electron chi connectivity index (χ0n) is 23.9. The molecule has 1 aliphatic heterocycles. The summed E-state index contributed by atoms with van der Waals surface area (Å²) in [6.45, 7) is 16.8. The number of fused-ring (bicyclic) bond motifs is 3. The van der Waals surface area contributed by atoms with E-state index in [9.17, 15) is 24.6 Å². The molecule has 2 N–H and O–H groups in total. The van der Waals surface area contributed by atoms with Crippen LogP contribution in [0.3, 0.4) is 0 Å². The van der Waals surface area contributed by atoms with E-state index in [0.29, 0.717) is 31.3 Å². The summed E-state index contributed by atoms with van der Waals surface area (Å²) in [4.78, 5) is 37.6. The Hall–Kier alpha value is -1.99. The Labute approximate surface area is 227 Å². The van der Waals surface area contributed by atoms with Gasteiger partial charge in [-0.15, -0.1) is 0 Å². The summed E-state index contributed by atoms with van der Waals surface area (Å²) < 4.78 is 11.3. The van der Waals surface area contributed by atoms with Crippen LogP contribution in [0.25, 0.3) is 0 Å². The molecule has 2 saturated carbocycles. The van der Waals surface area contributed by atoms with Gasteiger partial charge in [0.25, 0.3) is 0 Å². The van der Waals surface area contributed by atoms with Gasteiger partial charge in [-0.2, -0.15) is 0 Å². The maximum atomic E-state index is 12.7. The van der Waals surface area contributed by atoms with E-state index in [1.165, 1.54) is 5.57 Å². The Morgan fingerprint density at radius 3 is 2.55 bits per heavy atom. The van der Waals surface area contributed by atoms with Crippen molar-refractivity contribution >= 4 is 17.7 Å². The fourth-order valence-corrected chi connectivity index (χ4v) is 8.37. The summed E-state index contributed by atoms with van der Waals surface area (Å²) >= 11 is 0. The lowest BCUT2D eigenvalue weighted by molar-refractivity contribution is -0.209. The monoisotopic (exact) mass is 530 g/mol. The Bertz CT molecular complexity index is 1010. The van der Waals surface area contributed by atoms with Crippen molar-refractivity contribution in [3.05, 3.63) is 23.8 Å². The van der Waals surface area contributed by atoms with Crippen LogP contribution in [0.15, 0.2) is 23.8 Å². The van der Waals surface area contributed by atoms with Gasteiger partial charge in [-0.05, 0) is 80.6 Å². The molecule has 3 aliphatic carbocycles. The van der Waals surface area contributed by atoms with Gasteiger partial charge in [0.05, 0.1) is 0 Å². The van der Waals surface area contributed by atoms with Crippen molar-refractivity contribution in [2.45, 2.75) is 110 Å². The van der Waals surface area contributed by atoms with Crippen LogP contribution in [0.5, 0.6) is 0 Å². The number of ketones is 1. The van der Waals surface area contributed by atoms with Crippen molar-refractivity contribution in [3.8, 4) is 0 Å².